The molecule has 4 aromatic heterocycles. The second-order valence-electron chi connectivity index (χ2n) is 12.8. The lowest BCUT2D eigenvalue weighted by atomic mass is 10.1. The third-order valence-corrected chi connectivity index (χ3v) is 11.1. The molecule has 11 rings (SSSR count). The summed E-state index contributed by atoms with van der Waals surface area (Å²) < 4.78 is 11.1. The fourth-order valence-corrected chi connectivity index (χ4v) is 8.91. The molecule has 0 bridgehead atoms. The maximum atomic E-state index is 6.33. The normalized spacial score (nSPS) is 11.9. The number of hydrogen-bond acceptors (Lipinski definition) is 5. The minimum atomic E-state index is 0.657. The van der Waals surface area contributed by atoms with Crippen molar-refractivity contribution in [2.24, 2.45) is 0 Å². The highest BCUT2D eigenvalue weighted by Gasteiger charge is 2.21. The van der Waals surface area contributed by atoms with E-state index in [2.05, 4.69) is 89.5 Å². The van der Waals surface area contributed by atoms with Crippen molar-refractivity contribution in [1.29, 1.82) is 0 Å². The third-order valence-electron chi connectivity index (χ3n) is 9.86. The molecule has 0 spiro atoms. The van der Waals surface area contributed by atoms with Gasteiger partial charge < -0.3 is 8.98 Å². The molecule has 11 aromatic rings. The summed E-state index contributed by atoms with van der Waals surface area (Å²) in [5.41, 5.74) is 8.08. The van der Waals surface area contributed by atoms with Gasteiger partial charge in [-0.1, -0.05) is 115 Å². The number of fused-ring (bicyclic) bond motifs is 10. The quantitative estimate of drug-likeness (QED) is 0.187. The Morgan fingerprint density at radius 3 is 1.82 bits per heavy atom. The number of aromatic nitrogens is 4. The maximum Gasteiger partial charge on any atom is 0.165 e. The molecule has 0 amide bonds. The highest BCUT2D eigenvalue weighted by Crippen LogP contribution is 2.46. The first kappa shape index (κ1) is 28.2. The van der Waals surface area contributed by atoms with Crippen molar-refractivity contribution < 1.29 is 4.42 Å². The van der Waals surface area contributed by atoms with Crippen LogP contribution in [0.25, 0.3) is 104 Å². The Labute approximate surface area is 295 Å². The molecule has 51 heavy (non-hydrogen) atoms. The Morgan fingerprint density at radius 2 is 1.04 bits per heavy atom. The molecule has 0 saturated heterocycles. The number of para-hydroxylation sites is 2. The Bertz CT molecular complexity index is 3080. The SMILES string of the molecule is c1ccc(-c2nc(-c3ccccc3)nc(-c3cccc4c3sc3c4ccc4c3c3ccccc3n4-c3ccc4c(c3)oc3ccccc34)n2)cc1. The Kier molecular flexibility index (Phi) is 6.05. The van der Waals surface area contributed by atoms with Gasteiger partial charge in [-0.05, 0) is 36.4 Å². The summed E-state index contributed by atoms with van der Waals surface area (Å²) in [6.45, 7) is 0. The number of thiophene rings is 1. The smallest absolute Gasteiger partial charge is 0.165 e. The highest BCUT2D eigenvalue weighted by atomic mass is 32.1. The van der Waals surface area contributed by atoms with Gasteiger partial charge in [-0.15, -0.1) is 11.3 Å². The van der Waals surface area contributed by atoms with Crippen molar-refractivity contribution in [3.05, 3.63) is 158 Å². The molecular weight excluding hydrogens is 645 g/mol. The number of nitrogens with zero attached hydrogens (tertiary/aromatic N) is 4. The zero-order valence-corrected chi connectivity index (χ0v) is 27.9. The van der Waals surface area contributed by atoms with Crippen LogP contribution in [0.1, 0.15) is 0 Å². The van der Waals surface area contributed by atoms with Gasteiger partial charge in [-0.3, -0.25) is 0 Å². The van der Waals surface area contributed by atoms with E-state index in [-0.39, 0.29) is 0 Å². The van der Waals surface area contributed by atoms with Crippen LogP contribution in [0.2, 0.25) is 0 Å². The van der Waals surface area contributed by atoms with Crippen molar-refractivity contribution in [2.75, 3.05) is 0 Å². The second kappa shape index (κ2) is 10.9. The molecule has 0 unspecified atom stereocenters. The van der Waals surface area contributed by atoms with Crippen LogP contribution in [-0.2, 0) is 0 Å². The fourth-order valence-electron chi connectivity index (χ4n) is 7.54. The maximum absolute atomic E-state index is 6.33. The Morgan fingerprint density at radius 1 is 0.431 bits per heavy atom. The van der Waals surface area contributed by atoms with Gasteiger partial charge in [0.2, 0.25) is 0 Å². The zero-order valence-electron chi connectivity index (χ0n) is 27.1. The number of rotatable bonds is 4. The van der Waals surface area contributed by atoms with Crippen molar-refractivity contribution in [1.82, 2.24) is 19.5 Å². The van der Waals surface area contributed by atoms with Gasteiger partial charge in [0.1, 0.15) is 11.2 Å². The molecule has 238 valence electrons. The van der Waals surface area contributed by atoms with Gasteiger partial charge in [-0.25, -0.2) is 15.0 Å². The molecule has 0 saturated carbocycles. The first-order valence-corrected chi connectivity index (χ1v) is 17.8. The summed E-state index contributed by atoms with van der Waals surface area (Å²) in [6.07, 6.45) is 0. The number of hydrogen-bond donors (Lipinski definition) is 0. The van der Waals surface area contributed by atoms with Crippen LogP contribution in [0.3, 0.4) is 0 Å². The van der Waals surface area contributed by atoms with E-state index in [4.69, 9.17) is 19.4 Å². The van der Waals surface area contributed by atoms with Gasteiger partial charge in [0, 0.05) is 70.2 Å². The van der Waals surface area contributed by atoms with Crippen molar-refractivity contribution >= 4 is 75.3 Å². The molecular formula is C45H26N4OS. The van der Waals surface area contributed by atoms with E-state index in [1.807, 2.05) is 84.1 Å². The van der Waals surface area contributed by atoms with E-state index < -0.39 is 0 Å². The minimum Gasteiger partial charge on any atom is -0.456 e. The zero-order chi connectivity index (χ0) is 33.5. The van der Waals surface area contributed by atoms with Gasteiger partial charge in [0.05, 0.1) is 11.0 Å². The van der Waals surface area contributed by atoms with Gasteiger partial charge in [0.25, 0.3) is 0 Å². The van der Waals surface area contributed by atoms with E-state index in [1.165, 1.54) is 26.2 Å². The molecule has 6 heteroatoms. The van der Waals surface area contributed by atoms with Crippen LogP contribution in [0.5, 0.6) is 0 Å². The van der Waals surface area contributed by atoms with E-state index in [0.717, 1.165) is 60.0 Å². The molecule has 0 atom stereocenters. The predicted molar refractivity (Wildman–Crippen MR) is 211 cm³/mol. The van der Waals surface area contributed by atoms with Gasteiger partial charge >= 0.3 is 0 Å². The van der Waals surface area contributed by atoms with E-state index in [0.29, 0.717) is 17.5 Å². The van der Waals surface area contributed by atoms with Gasteiger partial charge in [0.15, 0.2) is 17.5 Å². The minimum absolute atomic E-state index is 0.657. The standard InChI is InChI=1S/C45H26N4OS/c1-3-12-27(13-4-1)43-46-44(28-14-5-2-6-15-28)48-45(47-43)35-19-11-18-32-33-24-25-37-40(42(33)51-41(32)35)34-17-7-9-20-36(34)49(37)29-22-23-31-30-16-8-10-21-38(30)50-39(31)26-29/h1-26H. The van der Waals surface area contributed by atoms with Crippen molar-refractivity contribution in [3.8, 4) is 39.9 Å². The van der Waals surface area contributed by atoms with Crippen molar-refractivity contribution in [2.45, 2.75) is 0 Å². The van der Waals surface area contributed by atoms with Crippen LogP contribution in [0.4, 0.5) is 0 Å². The summed E-state index contributed by atoms with van der Waals surface area (Å²) in [4.78, 5) is 15.1. The first-order valence-electron chi connectivity index (χ1n) is 16.9. The molecule has 0 fully saturated rings. The first-order chi connectivity index (χ1) is 25.3. The molecule has 0 radical (unpaired) electrons. The molecule has 5 nitrogen and oxygen atoms in total. The largest absolute Gasteiger partial charge is 0.456 e. The molecule has 0 aliphatic rings. The monoisotopic (exact) mass is 670 g/mol. The van der Waals surface area contributed by atoms with Crippen LogP contribution in [0.15, 0.2) is 162 Å². The van der Waals surface area contributed by atoms with Crippen LogP contribution in [0, 0.1) is 0 Å². The highest BCUT2D eigenvalue weighted by molar-refractivity contribution is 7.27. The Hall–Kier alpha value is -6.63. The van der Waals surface area contributed by atoms with Crippen LogP contribution >= 0.6 is 11.3 Å². The molecule has 0 N–H and O–H groups in total. The second-order valence-corrected chi connectivity index (χ2v) is 13.8. The molecule has 7 aromatic carbocycles. The fraction of sp³-hybridized carbons (Fsp3) is 0. The molecule has 4 heterocycles. The summed E-state index contributed by atoms with van der Waals surface area (Å²) >= 11 is 1.81. The third kappa shape index (κ3) is 4.30. The van der Waals surface area contributed by atoms with Crippen LogP contribution < -0.4 is 0 Å². The molecule has 0 aliphatic heterocycles. The lowest BCUT2D eigenvalue weighted by molar-refractivity contribution is 0.668. The topological polar surface area (TPSA) is 56.7 Å². The summed E-state index contributed by atoms with van der Waals surface area (Å²) in [5.74, 6) is 1.98. The van der Waals surface area contributed by atoms with Crippen molar-refractivity contribution in [3.63, 3.8) is 0 Å². The van der Waals surface area contributed by atoms with Crippen LogP contribution in [-0.4, -0.2) is 19.5 Å². The summed E-state index contributed by atoms with van der Waals surface area (Å²) in [5, 5.41) is 7.13. The number of benzene rings is 7. The summed E-state index contributed by atoms with van der Waals surface area (Å²) in [7, 11) is 0. The average Bonchev–Trinajstić information content (AvgIpc) is 3.87. The van der Waals surface area contributed by atoms with E-state index >= 15 is 0 Å². The van der Waals surface area contributed by atoms with E-state index in [9.17, 15) is 0 Å². The summed E-state index contributed by atoms with van der Waals surface area (Å²) in [6, 6.07) is 54.8. The number of furan rings is 1. The lowest BCUT2D eigenvalue weighted by Gasteiger charge is -2.09. The average molecular weight is 671 g/mol. The van der Waals surface area contributed by atoms with Gasteiger partial charge in [-0.2, -0.15) is 0 Å². The van der Waals surface area contributed by atoms with E-state index in [1.54, 1.807) is 0 Å². The lowest BCUT2D eigenvalue weighted by Crippen LogP contribution is -2.00. The molecule has 0 aliphatic carbocycles. The predicted octanol–water partition coefficient (Wildman–Crippen LogP) is 12.2. The Balaban J connectivity index is 1.16.